The molecule has 0 aromatic carbocycles. The molecule has 2 aromatic rings. The fourth-order valence-corrected chi connectivity index (χ4v) is 2.87. The minimum atomic E-state index is 0.288. The molecule has 0 bridgehead atoms. The molecule has 0 spiro atoms. The third kappa shape index (κ3) is 3.56. The van der Waals surface area contributed by atoms with E-state index in [1.54, 1.807) is 11.3 Å². The molecule has 0 amide bonds. The molecule has 0 aliphatic carbocycles. The average molecular weight is 279 g/mol. The second-order valence-electron chi connectivity index (χ2n) is 5.06. The predicted molar refractivity (Wildman–Crippen MR) is 80.8 cm³/mol. The highest BCUT2D eigenvalue weighted by Gasteiger charge is 2.11. The lowest BCUT2D eigenvalue weighted by molar-refractivity contribution is 0.291. The monoisotopic (exact) mass is 279 g/mol. The van der Waals surface area contributed by atoms with Crippen LogP contribution in [-0.4, -0.2) is 16.6 Å². The SMILES string of the molecule is CCc1cc2c(OCCCC(C)C)nc(N)nc2s1. The second kappa shape index (κ2) is 6.19. The van der Waals surface area contributed by atoms with E-state index in [-0.39, 0.29) is 5.95 Å². The zero-order chi connectivity index (χ0) is 13.8. The molecule has 19 heavy (non-hydrogen) atoms. The van der Waals surface area contributed by atoms with Gasteiger partial charge in [-0.15, -0.1) is 11.3 Å². The number of hydrogen-bond donors (Lipinski definition) is 1. The third-order valence-electron chi connectivity index (χ3n) is 2.94. The van der Waals surface area contributed by atoms with Crippen molar-refractivity contribution < 1.29 is 4.74 Å². The van der Waals surface area contributed by atoms with Crippen molar-refractivity contribution in [2.75, 3.05) is 12.3 Å². The quantitative estimate of drug-likeness (QED) is 0.820. The Morgan fingerprint density at radius 2 is 2.16 bits per heavy atom. The van der Waals surface area contributed by atoms with Crippen LogP contribution in [0.5, 0.6) is 5.88 Å². The molecule has 2 aromatic heterocycles. The average Bonchev–Trinajstić information content (AvgIpc) is 2.77. The van der Waals surface area contributed by atoms with Crippen molar-refractivity contribution >= 4 is 27.5 Å². The molecule has 0 unspecified atom stereocenters. The van der Waals surface area contributed by atoms with E-state index in [9.17, 15) is 0 Å². The Labute approximate surface area is 118 Å². The van der Waals surface area contributed by atoms with Gasteiger partial charge in [-0.2, -0.15) is 4.98 Å². The molecule has 5 heteroatoms. The largest absolute Gasteiger partial charge is 0.477 e. The molecule has 0 saturated carbocycles. The number of nitrogens with two attached hydrogens (primary N) is 1. The lowest BCUT2D eigenvalue weighted by Crippen LogP contribution is -2.03. The first-order valence-electron chi connectivity index (χ1n) is 6.79. The number of fused-ring (bicyclic) bond motifs is 1. The van der Waals surface area contributed by atoms with Gasteiger partial charge in [-0.05, 0) is 31.2 Å². The van der Waals surface area contributed by atoms with Gasteiger partial charge in [0.25, 0.3) is 0 Å². The Morgan fingerprint density at radius 3 is 2.84 bits per heavy atom. The molecule has 2 N–H and O–H groups in total. The Hall–Kier alpha value is -1.36. The molecule has 2 heterocycles. The number of ether oxygens (including phenoxy) is 1. The van der Waals surface area contributed by atoms with E-state index in [1.807, 2.05) is 0 Å². The summed E-state index contributed by atoms with van der Waals surface area (Å²) in [6.45, 7) is 7.24. The number of aryl methyl sites for hydroxylation is 1. The lowest BCUT2D eigenvalue weighted by atomic mass is 10.1. The number of aromatic nitrogens is 2. The van der Waals surface area contributed by atoms with E-state index in [4.69, 9.17) is 10.5 Å². The van der Waals surface area contributed by atoms with Crippen LogP contribution in [0.3, 0.4) is 0 Å². The highest BCUT2D eigenvalue weighted by molar-refractivity contribution is 7.18. The van der Waals surface area contributed by atoms with Gasteiger partial charge < -0.3 is 10.5 Å². The molecule has 0 aliphatic rings. The van der Waals surface area contributed by atoms with Crippen LogP contribution in [0.25, 0.3) is 10.2 Å². The highest BCUT2D eigenvalue weighted by atomic mass is 32.1. The van der Waals surface area contributed by atoms with Crippen molar-refractivity contribution in [1.82, 2.24) is 9.97 Å². The number of rotatable bonds is 6. The van der Waals surface area contributed by atoms with Gasteiger partial charge in [0.2, 0.25) is 11.8 Å². The van der Waals surface area contributed by atoms with Crippen LogP contribution in [0, 0.1) is 5.92 Å². The summed E-state index contributed by atoms with van der Waals surface area (Å²) in [5, 5.41) is 0.987. The highest BCUT2D eigenvalue weighted by Crippen LogP contribution is 2.31. The number of anilines is 1. The summed E-state index contributed by atoms with van der Waals surface area (Å²) in [5.41, 5.74) is 5.73. The zero-order valence-corrected chi connectivity index (χ0v) is 12.6. The topological polar surface area (TPSA) is 61.0 Å². The van der Waals surface area contributed by atoms with Crippen LogP contribution < -0.4 is 10.5 Å². The van der Waals surface area contributed by atoms with Gasteiger partial charge in [0, 0.05) is 4.88 Å². The van der Waals surface area contributed by atoms with Gasteiger partial charge in [-0.3, -0.25) is 0 Å². The summed E-state index contributed by atoms with van der Waals surface area (Å²) in [6, 6.07) is 2.11. The Balaban J connectivity index is 2.14. The van der Waals surface area contributed by atoms with Crippen LogP contribution in [0.1, 0.15) is 38.5 Å². The maximum Gasteiger partial charge on any atom is 0.227 e. The van der Waals surface area contributed by atoms with Crippen molar-refractivity contribution in [3.8, 4) is 5.88 Å². The first-order chi connectivity index (χ1) is 9.10. The number of nitrogens with zero attached hydrogens (tertiary/aromatic N) is 2. The lowest BCUT2D eigenvalue weighted by Gasteiger charge is -2.08. The van der Waals surface area contributed by atoms with Gasteiger partial charge >= 0.3 is 0 Å². The summed E-state index contributed by atoms with van der Waals surface area (Å²) in [5.74, 6) is 1.62. The fourth-order valence-electron chi connectivity index (χ4n) is 1.91. The summed E-state index contributed by atoms with van der Waals surface area (Å²) >= 11 is 1.66. The van der Waals surface area contributed by atoms with E-state index in [2.05, 4.69) is 36.8 Å². The van der Waals surface area contributed by atoms with E-state index in [1.165, 1.54) is 4.88 Å². The minimum absolute atomic E-state index is 0.288. The number of hydrogen-bond acceptors (Lipinski definition) is 5. The van der Waals surface area contributed by atoms with Crippen LogP contribution in [0.2, 0.25) is 0 Å². The molecule has 104 valence electrons. The fraction of sp³-hybridized carbons (Fsp3) is 0.571. The normalized spacial score (nSPS) is 11.4. The van der Waals surface area contributed by atoms with E-state index in [0.29, 0.717) is 18.4 Å². The Bertz CT molecular complexity index is 551. The standard InChI is InChI=1S/C14H21N3OS/c1-4-10-8-11-12(18-7-5-6-9(2)3)16-14(15)17-13(11)19-10/h8-9H,4-7H2,1-3H3,(H2,15,16,17). The predicted octanol–water partition coefficient (Wildman–Crippen LogP) is 3.65. The van der Waals surface area contributed by atoms with Crippen LogP contribution in [-0.2, 0) is 6.42 Å². The van der Waals surface area contributed by atoms with E-state index < -0.39 is 0 Å². The zero-order valence-electron chi connectivity index (χ0n) is 11.8. The molecule has 4 nitrogen and oxygen atoms in total. The van der Waals surface area contributed by atoms with Gasteiger partial charge in [0.15, 0.2) is 0 Å². The molecule has 0 aliphatic heterocycles. The maximum absolute atomic E-state index is 5.78. The molecule has 0 radical (unpaired) electrons. The van der Waals surface area contributed by atoms with Gasteiger partial charge in [0.1, 0.15) is 4.83 Å². The van der Waals surface area contributed by atoms with E-state index >= 15 is 0 Å². The smallest absolute Gasteiger partial charge is 0.227 e. The summed E-state index contributed by atoms with van der Waals surface area (Å²) in [4.78, 5) is 10.7. The molecular formula is C14H21N3OS. The molecular weight excluding hydrogens is 258 g/mol. The van der Waals surface area contributed by atoms with Crippen molar-refractivity contribution in [3.05, 3.63) is 10.9 Å². The number of nitrogen functional groups attached to an aromatic ring is 1. The summed E-state index contributed by atoms with van der Waals surface area (Å²) in [7, 11) is 0. The number of thiophene rings is 1. The molecule has 0 atom stereocenters. The van der Waals surface area contributed by atoms with Crippen molar-refractivity contribution in [2.24, 2.45) is 5.92 Å². The molecule has 2 rings (SSSR count). The van der Waals surface area contributed by atoms with Crippen LogP contribution >= 0.6 is 11.3 Å². The van der Waals surface area contributed by atoms with Crippen LogP contribution in [0.15, 0.2) is 6.07 Å². The summed E-state index contributed by atoms with van der Waals surface area (Å²) < 4.78 is 5.78. The van der Waals surface area contributed by atoms with Crippen LogP contribution in [0.4, 0.5) is 5.95 Å². The van der Waals surface area contributed by atoms with Gasteiger partial charge in [-0.1, -0.05) is 20.8 Å². The second-order valence-corrected chi connectivity index (χ2v) is 6.17. The van der Waals surface area contributed by atoms with Gasteiger partial charge in [0.05, 0.1) is 12.0 Å². The maximum atomic E-state index is 5.78. The minimum Gasteiger partial charge on any atom is -0.477 e. The first-order valence-corrected chi connectivity index (χ1v) is 7.60. The van der Waals surface area contributed by atoms with E-state index in [0.717, 1.165) is 29.5 Å². The Kier molecular flexibility index (Phi) is 4.58. The van der Waals surface area contributed by atoms with Crippen molar-refractivity contribution in [1.29, 1.82) is 0 Å². The van der Waals surface area contributed by atoms with Gasteiger partial charge in [-0.25, -0.2) is 4.98 Å². The summed E-state index contributed by atoms with van der Waals surface area (Å²) in [6.07, 6.45) is 3.19. The third-order valence-corrected chi connectivity index (χ3v) is 4.11. The molecule has 0 saturated heterocycles. The van der Waals surface area contributed by atoms with Crippen molar-refractivity contribution in [2.45, 2.75) is 40.0 Å². The van der Waals surface area contributed by atoms with Crippen molar-refractivity contribution in [3.63, 3.8) is 0 Å². The Morgan fingerprint density at radius 1 is 1.37 bits per heavy atom. The first kappa shape index (κ1) is 14.1. The molecule has 0 fully saturated rings.